The molecule has 0 bridgehead atoms. The van der Waals surface area contributed by atoms with Crippen LogP contribution in [0, 0.1) is 11.3 Å². The van der Waals surface area contributed by atoms with Gasteiger partial charge in [0.15, 0.2) is 5.78 Å². The minimum absolute atomic E-state index is 0.0345. The lowest BCUT2D eigenvalue weighted by Crippen LogP contribution is -2.00. The normalized spacial score (nSPS) is 9.21. The molecule has 0 aliphatic carbocycles. The Morgan fingerprint density at radius 1 is 1.64 bits per heavy atom. The SMILES string of the molecule is COc1cc(C(=O)CBr)ccc1C#N. The smallest absolute Gasteiger partial charge is 0.173 e. The van der Waals surface area contributed by atoms with Crippen molar-refractivity contribution in [2.75, 3.05) is 12.4 Å². The Kier molecular flexibility index (Phi) is 3.66. The lowest BCUT2D eigenvalue weighted by molar-refractivity contribution is 0.102. The van der Waals surface area contributed by atoms with Crippen LogP contribution in [0.25, 0.3) is 0 Å². The fourth-order valence-electron chi connectivity index (χ4n) is 1.03. The summed E-state index contributed by atoms with van der Waals surface area (Å²) in [5.74, 6) is 0.395. The first kappa shape index (κ1) is 10.7. The van der Waals surface area contributed by atoms with E-state index in [1.54, 1.807) is 18.2 Å². The number of nitriles is 1. The van der Waals surface area contributed by atoms with Crippen LogP contribution in [0.4, 0.5) is 0 Å². The Morgan fingerprint density at radius 3 is 2.86 bits per heavy atom. The number of Topliss-reactive ketones (excluding diaryl/α,β-unsaturated/α-hetero) is 1. The van der Waals surface area contributed by atoms with Crippen LogP contribution in [-0.2, 0) is 0 Å². The fraction of sp³-hybridized carbons (Fsp3) is 0.200. The Bertz CT molecular complexity index is 396. The average Bonchev–Trinajstić information content (AvgIpc) is 2.26. The van der Waals surface area contributed by atoms with Gasteiger partial charge in [0.05, 0.1) is 18.0 Å². The zero-order valence-electron chi connectivity index (χ0n) is 7.58. The number of halogens is 1. The predicted octanol–water partition coefficient (Wildman–Crippen LogP) is 2.14. The summed E-state index contributed by atoms with van der Waals surface area (Å²) in [6.07, 6.45) is 0. The van der Waals surface area contributed by atoms with E-state index in [4.69, 9.17) is 10.00 Å². The van der Waals surface area contributed by atoms with E-state index in [0.717, 1.165) is 0 Å². The maximum absolute atomic E-state index is 11.3. The van der Waals surface area contributed by atoms with Gasteiger partial charge in [-0.1, -0.05) is 15.9 Å². The van der Waals surface area contributed by atoms with Crippen LogP contribution in [0.3, 0.4) is 0 Å². The summed E-state index contributed by atoms with van der Waals surface area (Å²) < 4.78 is 4.98. The molecule has 14 heavy (non-hydrogen) atoms. The minimum atomic E-state index is -0.0345. The molecule has 0 aliphatic rings. The van der Waals surface area contributed by atoms with Gasteiger partial charge in [-0.15, -0.1) is 0 Å². The molecule has 0 aliphatic heterocycles. The van der Waals surface area contributed by atoms with Crippen molar-refractivity contribution < 1.29 is 9.53 Å². The first-order valence-corrected chi connectivity index (χ1v) is 5.02. The lowest BCUT2D eigenvalue weighted by atomic mass is 10.1. The van der Waals surface area contributed by atoms with Crippen molar-refractivity contribution in [3.63, 3.8) is 0 Å². The Balaban J connectivity index is 3.15. The van der Waals surface area contributed by atoms with Gasteiger partial charge in [0.1, 0.15) is 11.8 Å². The van der Waals surface area contributed by atoms with Crippen molar-refractivity contribution in [3.05, 3.63) is 29.3 Å². The molecule has 0 spiro atoms. The second kappa shape index (κ2) is 4.77. The highest BCUT2D eigenvalue weighted by molar-refractivity contribution is 9.09. The van der Waals surface area contributed by atoms with Crippen molar-refractivity contribution in [2.45, 2.75) is 0 Å². The van der Waals surface area contributed by atoms with Gasteiger partial charge >= 0.3 is 0 Å². The van der Waals surface area contributed by atoms with Crippen LogP contribution in [-0.4, -0.2) is 18.2 Å². The highest BCUT2D eigenvalue weighted by Crippen LogP contribution is 2.19. The minimum Gasteiger partial charge on any atom is -0.495 e. The molecule has 72 valence electrons. The molecule has 0 heterocycles. The highest BCUT2D eigenvalue weighted by Gasteiger charge is 2.08. The molecule has 0 radical (unpaired) electrons. The van der Waals surface area contributed by atoms with Gasteiger partial charge in [-0.2, -0.15) is 5.26 Å². The van der Waals surface area contributed by atoms with Gasteiger partial charge in [0, 0.05) is 5.56 Å². The van der Waals surface area contributed by atoms with E-state index < -0.39 is 0 Å². The number of nitrogens with zero attached hydrogens (tertiary/aromatic N) is 1. The molecular weight excluding hydrogens is 246 g/mol. The number of rotatable bonds is 3. The zero-order chi connectivity index (χ0) is 10.6. The van der Waals surface area contributed by atoms with Crippen LogP contribution in [0.2, 0.25) is 0 Å². The summed E-state index contributed by atoms with van der Waals surface area (Å²) in [7, 11) is 1.47. The monoisotopic (exact) mass is 253 g/mol. The Morgan fingerprint density at radius 2 is 2.36 bits per heavy atom. The molecule has 0 aromatic heterocycles. The number of hydrogen-bond acceptors (Lipinski definition) is 3. The lowest BCUT2D eigenvalue weighted by Gasteiger charge is -2.04. The molecule has 0 N–H and O–H groups in total. The zero-order valence-corrected chi connectivity index (χ0v) is 9.17. The summed E-state index contributed by atoms with van der Waals surface area (Å²) in [6, 6.07) is 6.75. The van der Waals surface area contributed by atoms with Gasteiger partial charge < -0.3 is 4.74 Å². The molecule has 0 amide bonds. The third kappa shape index (κ3) is 2.12. The maximum Gasteiger partial charge on any atom is 0.173 e. The number of carbonyl (C=O) groups is 1. The standard InChI is InChI=1S/C10H8BrNO2/c1-14-10-4-7(9(13)5-11)2-3-8(10)6-12/h2-4H,5H2,1H3. The van der Waals surface area contributed by atoms with Crippen molar-refractivity contribution >= 4 is 21.7 Å². The third-order valence-corrected chi connectivity index (χ3v) is 2.27. The molecule has 1 rings (SSSR count). The molecule has 4 heteroatoms. The number of alkyl halides is 1. The van der Waals surface area contributed by atoms with Crippen molar-refractivity contribution in [1.82, 2.24) is 0 Å². The van der Waals surface area contributed by atoms with Crippen molar-refractivity contribution in [3.8, 4) is 11.8 Å². The number of ether oxygens (including phenoxy) is 1. The van der Waals surface area contributed by atoms with E-state index in [-0.39, 0.29) is 11.1 Å². The van der Waals surface area contributed by atoms with Crippen molar-refractivity contribution in [1.29, 1.82) is 5.26 Å². The molecule has 0 saturated carbocycles. The van der Waals surface area contributed by atoms with Gasteiger partial charge in [-0.05, 0) is 18.2 Å². The van der Waals surface area contributed by atoms with E-state index in [0.29, 0.717) is 16.9 Å². The second-order valence-electron chi connectivity index (χ2n) is 2.58. The van der Waals surface area contributed by atoms with E-state index >= 15 is 0 Å². The third-order valence-electron chi connectivity index (χ3n) is 1.77. The summed E-state index contributed by atoms with van der Waals surface area (Å²) in [5.41, 5.74) is 0.969. The fourth-order valence-corrected chi connectivity index (χ4v) is 1.36. The largest absolute Gasteiger partial charge is 0.495 e. The molecule has 0 unspecified atom stereocenters. The van der Waals surface area contributed by atoms with E-state index in [9.17, 15) is 4.79 Å². The van der Waals surface area contributed by atoms with E-state index in [1.165, 1.54) is 7.11 Å². The number of hydrogen-bond donors (Lipinski definition) is 0. The summed E-state index contributed by atoms with van der Waals surface area (Å²) >= 11 is 3.08. The number of methoxy groups -OCH3 is 1. The van der Waals surface area contributed by atoms with Gasteiger partial charge in [-0.25, -0.2) is 0 Å². The second-order valence-corrected chi connectivity index (χ2v) is 3.14. The topological polar surface area (TPSA) is 50.1 Å². The average molecular weight is 254 g/mol. The van der Waals surface area contributed by atoms with Crippen LogP contribution in [0.1, 0.15) is 15.9 Å². The molecule has 0 atom stereocenters. The highest BCUT2D eigenvalue weighted by atomic mass is 79.9. The number of benzene rings is 1. The molecular formula is C10H8BrNO2. The summed E-state index contributed by atoms with van der Waals surface area (Å²) in [5, 5.41) is 8.98. The van der Waals surface area contributed by atoms with Crippen molar-refractivity contribution in [2.24, 2.45) is 0 Å². The Labute approximate surface area is 90.4 Å². The molecule has 0 saturated heterocycles. The quantitative estimate of drug-likeness (QED) is 0.613. The predicted molar refractivity (Wildman–Crippen MR) is 55.8 cm³/mol. The van der Waals surface area contributed by atoms with E-state index in [2.05, 4.69) is 15.9 Å². The Hall–Kier alpha value is -1.34. The van der Waals surface area contributed by atoms with Gasteiger partial charge in [0.25, 0.3) is 0 Å². The summed E-state index contributed by atoms with van der Waals surface area (Å²) in [6.45, 7) is 0. The van der Waals surface area contributed by atoms with Gasteiger partial charge in [0.2, 0.25) is 0 Å². The maximum atomic E-state index is 11.3. The van der Waals surface area contributed by atoms with Crippen LogP contribution in [0.5, 0.6) is 5.75 Å². The first-order chi connectivity index (χ1) is 6.72. The van der Waals surface area contributed by atoms with Gasteiger partial charge in [-0.3, -0.25) is 4.79 Å². The molecule has 1 aromatic rings. The number of carbonyl (C=O) groups excluding carboxylic acids is 1. The molecule has 1 aromatic carbocycles. The molecule has 0 fully saturated rings. The van der Waals surface area contributed by atoms with Crippen LogP contribution in [0.15, 0.2) is 18.2 Å². The molecule has 3 nitrogen and oxygen atoms in total. The first-order valence-electron chi connectivity index (χ1n) is 3.90. The summed E-state index contributed by atoms with van der Waals surface area (Å²) in [4.78, 5) is 11.3. The number of ketones is 1. The van der Waals surface area contributed by atoms with E-state index in [1.807, 2.05) is 6.07 Å². The van der Waals surface area contributed by atoms with Crippen LogP contribution < -0.4 is 4.74 Å². The van der Waals surface area contributed by atoms with Crippen LogP contribution >= 0.6 is 15.9 Å².